The number of carbonyl (C=O) groups excluding carboxylic acids is 2. The molecule has 23 heavy (non-hydrogen) atoms. The topological polar surface area (TPSA) is 93.2 Å². The zero-order valence-corrected chi connectivity index (χ0v) is 14.1. The number of nitrogens with one attached hydrogen (secondary N) is 1. The maximum Gasteiger partial charge on any atom is 0.238 e. The average molecular weight is 319 g/mol. The third kappa shape index (κ3) is 2.63. The Morgan fingerprint density at radius 3 is 2.74 bits per heavy atom. The minimum Gasteiger partial charge on any atom is -0.369 e. The number of aryl methyl sites for hydroxylation is 2. The molecule has 2 atom stereocenters. The molecule has 1 aliphatic heterocycles. The van der Waals surface area contributed by atoms with E-state index in [0.29, 0.717) is 19.0 Å². The van der Waals surface area contributed by atoms with E-state index in [1.165, 1.54) is 0 Å². The van der Waals surface area contributed by atoms with Crippen LogP contribution in [0.1, 0.15) is 30.7 Å². The van der Waals surface area contributed by atoms with E-state index in [1.54, 1.807) is 4.68 Å². The molecule has 3 rings (SSSR count). The van der Waals surface area contributed by atoms with Crippen LogP contribution in [0.2, 0.25) is 0 Å². The normalized spacial score (nSPS) is 27.2. The van der Waals surface area contributed by atoms with Crippen molar-refractivity contribution in [1.29, 1.82) is 0 Å². The zero-order valence-electron chi connectivity index (χ0n) is 14.1. The molecule has 0 bridgehead atoms. The molecule has 126 valence electrons. The van der Waals surface area contributed by atoms with E-state index in [4.69, 9.17) is 5.73 Å². The summed E-state index contributed by atoms with van der Waals surface area (Å²) in [5.74, 6) is 0.0281. The first-order valence-electron chi connectivity index (χ1n) is 8.16. The van der Waals surface area contributed by atoms with Crippen LogP contribution < -0.4 is 11.1 Å². The Kier molecular flexibility index (Phi) is 3.91. The van der Waals surface area contributed by atoms with Gasteiger partial charge in [0.1, 0.15) is 0 Å². The Labute approximate surface area is 136 Å². The number of carbonyl (C=O) groups is 2. The average Bonchev–Trinajstić information content (AvgIpc) is 3.07. The lowest BCUT2D eigenvalue weighted by Crippen LogP contribution is -2.41. The second kappa shape index (κ2) is 5.63. The summed E-state index contributed by atoms with van der Waals surface area (Å²) in [5, 5.41) is 7.26. The Bertz CT molecular complexity index is 653. The van der Waals surface area contributed by atoms with Crippen LogP contribution >= 0.6 is 0 Å². The van der Waals surface area contributed by atoms with Gasteiger partial charge in [0, 0.05) is 20.1 Å². The van der Waals surface area contributed by atoms with Crippen molar-refractivity contribution in [3.63, 3.8) is 0 Å². The second-order valence-corrected chi connectivity index (χ2v) is 7.00. The van der Waals surface area contributed by atoms with E-state index in [1.807, 2.05) is 20.9 Å². The van der Waals surface area contributed by atoms with Gasteiger partial charge in [-0.3, -0.25) is 19.2 Å². The van der Waals surface area contributed by atoms with Gasteiger partial charge in [-0.1, -0.05) is 6.42 Å². The highest BCUT2D eigenvalue weighted by atomic mass is 16.2. The molecule has 1 aromatic rings. The molecular weight excluding hydrogens is 294 g/mol. The highest BCUT2D eigenvalue weighted by Gasteiger charge is 2.53. The number of anilines is 1. The maximum absolute atomic E-state index is 12.4. The summed E-state index contributed by atoms with van der Waals surface area (Å²) in [6.45, 7) is 5.48. The van der Waals surface area contributed by atoms with Gasteiger partial charge in [0.15, 0.2) is 0 Å². The van der Waals surface area contributed by atoms with Crippen molar-refractivity contribution < 1.29 is 9.59 Å². The zero-order chi connectivity index (χ0) is 16.8. The predicted octanol–water partition coefficient (Wildman–Crippen LogP) is 0.563. The van der Waals surface area contributed by atoms with E-state index in [2.05, 4.69) is 15.3 Å². The molecule has 2 heterocycles. The second-order valence-electron chi connectivity index (χ2n) is 7.00. The van der Waals surface area contributed by atoms with Crippen molar-refractivity contribution >= 4 is 17.5 Å². The summed E-state index contributed by atoms with van der Waals surface area (Å²) in [5.41, 5.74) is 7.76. The number of nitrogens with two attached hydrogens (primary N) is 1. The molecule has 1 saturated heterocycles. The number of hydrogen-bond acceptors (Lipinski definition) is 4. The van der Waals surface area contributed by atoms with Crippen LogP contribution in [0.25, 0.3) is 0 Å². The lowest BCUT2D eigenvalue weighted by molar-refractivity contribution is -0.128. The van der Waals surface area contributed by atoms with Crippen LogP contribution in [0.3, 0.4) is 0 Å². The van der Waals surface area contributed by atoms with Crippen LogP contribution in [0.4, 0.5) is 5.69 Å². The highest BCUT2D eigenvalue weighted by molar-refractivity contribution is 5.93. The lowest BCUT2D eigenvalue weighted by Gasteiger charge is -2.24. The van der Waals surface area contributed by atoms with E-state index in [9.17, 15) is 9.59 Å². The van der Waals surface area contributed by atoms with Crippen LogP contribution in [0.5, 0.6) is 0 Å². The third-order valence-corrected chi connectivity index (χ3v) is 5.57. The predicted molar refractivity (Wildman–Crippen MR) is 86.7 cm³/mol. The van der Waals surface area contributed by atoms with Gasteiger partial charge < -0.3 is 11.1 Å². The first-order chi connectivity index (χ1) is 10.8. The van der Waals surface area contributed by atoms with Gasteiger partial charge in [0.25, 0.3) is 0 Å². The quantitative estimate of drug-likeness (QED) is 0.848. The van der Waals surface area contributed by atoms with Gasteiger partial charge in [-0.2, -0.15) is 5.10 Å². The molecule has 7 nitrogen and oxygen atoms in total. The Hall–Kier alpha value is -1.89. The van der Waals surface area contributed by atoms with Gasteiger partial charge in [-0.25, -0.2) is 0 Å². The minimum absolute atomic E-state index is 0.0659. The smallest absolute Gasteiger partial charge is 0.238 e. The molecule has 2 amide bonds. The minimum atomic E-state index is -0.416. The Morgan fingerprint density at radius 2 is 2.17 bits per heavy atom. The number of amides is 2. The number of hydrogen-bond donors (Lipinski definition) is 2. The monoisotopic (exact) mass is 319 g/mol. The van der Waals surface area contributed by atoms with E-state index >= 15 is 0 Å². The van der Waals surface area contributed by atoms with Gasteiger partial charge >= 0.3 is 0 Å². The molecule has 0 unspecified atom stereocenters. The number of fused-ring (bicyclic) bond motifs is 1. The summed E-state index contributed by atoms with van der Waals surface area (Å²) >= 11 is 0. The van der Waals surface area contributed by atoms with Crippen molar-refractivity contribution in [2.75, 3.05) is 25.0 Å². The summed E-state index contributed by atoms with van der Waals surface area (Å²) in [6, 6.07) is 0. The van der Waals surface area contributed by atoms with Gasteiger partial charge in [0.2, 0.25) is 11.8 Å². The highest BCUT2D eigenvalue weighted by Crippen LogP contribution is 2.48. The van der Waals surface area contributed by atoms with Crippen molar-refractivity contribution in [3.05, 3.63) is 11.4 Å². The molecule has 1 saturated carbocycles. The molecule has 0 spiro atoms. The summed E-state index contributed by atoms with van der Waals surface area (Å²) in [4.78, 5) is 26.3. The molecule has 7 heteroatoms. The van der Waals surface area contributed by atoms with Crippen LogP contribution in [0, 0.1) is 25.2 Å². The first kappa shape index (κ1) is 16.0. The summed E-state index contributed by atoms with van der Waals surface area (Å²) < 4.78 is 1.76. The van der Waals surface area contributed by atoms with Gasteiger partial charge in [0.05, 0.1) is 29.0 Å². The van der Waals surface area contributed by atoms with Gasteiger partial charge in [-0.05, 0) is 32.6 Å². The largest absolute Gasteiger partial charge is 0.369 e. The number of aromatic nitrogens is 2. The SMILES string of the molecule is Cc1nn(C)c(C)c1NC(=O)CN1C[C@@H]2CCC[C@]2(C(N)=O)C1. The number of nitrogens with zero attached hydrogens (tertiary/aromatic N) is 3. The third-order valence-electron chi connectivity index (χ3n) is 5.57. The van der Waals surface area contributed by atoms with E-state index < -0.39 is 5.41 Å². The molecule has 2 fully saturated rings. The van der Waals surface area contributed by atoms with Crippen molar-refractivity contribution in [1.82, 2.24) is 14.7 Å². The van der Waals surface area contributed by atoms with Gasteiger partial charge in [-0.15, -0.1) is 0 Å². The summed E-state index contributed by atoms with van der Waals surface area (Å²) in [6.07, 6.45) is 2.94. The molecule has 1 aromatic heterocycles. The fourth-order valence-electron chi connectivity index (χ4n) is 4.25. The van der Waals surface area contributed by atoms with Crippen molar-refractivity contribution in [3.8, 4) is 0 Å². The molecule has 0 aromatic carbocycles. The lowest BCUT2D eigenvalue weighted by atomic mass is 9.80. The number of likely N-dealkylation sites (tertiary alicyclic amines) is 1. The molecule has 1 aliphatic carbocycles. The Balaban J connectivity index is 1.65. The molecule has 0 radical (unpaired) electrons. The van der Waals surface area contributed by atoms with E-state index in [-0.39, 0.29) is 11.8 Å². The Morgan fingerprint density at radius 1 is 1.43 bits per heavy atom. The van der Waals surface area contributed by atoms with Crippen molar-refractivity contribution in [2.24, 2.45) is 24.1 Å². The summed E-state index contributed by atoms with van der Waals surface area (Å²) in [7, 11) is 1.86. The maximum atomic E-state index is 12.4. The fourth-order valence-corrected chi connectivity index (χ4v) is 4.25. The fraction of sp³-hybridized carbons (Fsp3) is 0.688. The molecule has 3 N–H and O–H groups in total. The first-order valence-corrected chi connectivity index (χ1v) is 8.16. The number of primary amides is 1. The molecule has 2 aliphatic rings. The van der Waals surface area contributed by atoms with Crippen molar-refractivity contribution in [2.45, 2.75) is 33.1 Å². The van der Waals surface area contributed by atoms with E-state index in [0.717, 1.165) is 42.9 Å². The number of rotatable bonds is 4. The van der Waals surface area contributed by atoms with Crippen LogP contribution in [-0.2, 0) is 16.6 Å². The van der Waals surface area contributed by atoms with Crippen LogP contribution in [-0.4, -0.2) is 46.1 Å². The van der Waals surface area contributed by atoms with Crippen LogP contribution in [0.15, 0.2) is 0 Å². The molecular formula is C16H25N5O2. The standard InChI is InChI=1S/C16H25N5O2/c1-10-14(11(2)20(3)19-10)18-13(22)8-21-7-12-5-4-6-16(12,9-21)15(17)23/h12H,4-9H2,1-3H3,(H2,17,23)(H,18,22)/t12-,16-/m0/s1.